The van der Waals surface area contributed by atoms with Gasteiger partial charge in [-0.2, -0.15) is 4.98 Å². The van der Waals surface area contributed by atoms with Crippen molar-refractivity contribution in [3.8, 4) is 0 Å². The van der Waals surface area contributed by atoms with E-state index in [4.69, 9.17) is 16.7 Å². The summed E-state index contributed by atoms with van der Waals surface area (Å²) in [6, 6.07) is 7.29. The number of rotatable bonds is 3. The van der Waals surface area contributed by atoms with Gasteiger partial charge in [0.1, 0.15) is 0 Å². The lowest BCUT2D eigenvalue weighted by Gasteiger charge is -2.06. The maximum absolute atomic E-state index is 12.4. The van der Waals surface area contributed by atoms with E-state index in [1.165, 1.54) is 4.57 Å². The molecule has 0 saturated carbocycles. The predicted molar refractivity (Wildman–Crippen MR) is 76.1 cm³/mol. The topological polar surface area (TPSA) is 76.7 Å². The number of aryl methyl sites for hydroxylation is 2. The molecular weight excluding hydrogens is 276 g/mol. The number of H-pyrrole nitrogens is 1. The lowest BCUT2D eigenvalue weighted by atomic mass is 10.2. The maximum atomic E-state index is 12.4. The van der Waals surface area contributed by atoms with Crippen molar-refractivity contribution >= 4 is 23.1 Å². The van der Waals surface area contributed by atoms with Crippen molar-refractivity contribution in [2.75, 3.05) is 0 Å². The van der Waals surface area contributed by atoms with Crippen molar-refractivity contribution in [3.63, 3.8) is 0 Å². The molecule has 0 fully saturated rings. The number of aromatic amines is 1. The summed E-state index contributed by atoms with van der Waals surface area (Å²) in [5.41, 5.74) is 0.632. The van der Waals surface area contributed by atoms with Crippen LogP contribution >= 0.6 is 12.2 Å². The standard InChI is InChI=1S/C13H12N4O2S/c1-8-14-11(19-16-8)6-7-17-12(18)9-4-2-3-5-10(9)15-13(17)20/h2-5H,6-7H2,1H3,(H,15,20). The van der Waals surface area contributed by atoms with Crippen molar-refractivity contribution in [2.45, 2.75) is 19.9 Å². The zero-order valence-electron chi connectivity index (χ0n) is 10.8. The quantitative estimate of drug-likeness (QED) is 0.746. The molecule has 0 aliphatic heterocycles. The van der Waals surface area contributed by atoms with Crippen molar-refractivity contribution in [3.05, 3.63) is 51.1 Å². The number of hydrogen-bond donors (Lipinski definition) is 1. The molecular formula is C13H12N4O2S. The molecule has 0 amide bonds. The predicted octanol–water partition coefficient (Wildman–Crippen LogP) is 1.99. The van der Waals surface area contributed by atoms with Crippen molar-refractivity contribution in [2.24, 2.45) is 0 Å². The van der Waals surface area contributed by atoms with Gasteiger partial charge in [-0.15, -0.1) is 0 Å². The minimum Gasteiger partial charge on any atom is -0.339 e. The third-order valence-corrected chi connectivity index (χ3v) is 3.33. The van der Waals surface area contributed by atoms with Gasteiger partial charge in [0.15, 0.2) is 10.6 Å². The first-order valence-electron chi connectivity index (χ1n) is 6.16. The van der Waals surface area contributed by atoms with Crippen LogP contribution in [0.25, 0.3) is 10.9 Å². The Labute approximate surface area is 119 Å². The summed E-state index contributed by atoms with van der Waals surface area (Å²) in [4.78, 5) is 19.5. The number of hydrogen-bond acceptors (Lipinski definition) is 5. The van der Waals surface area contributed by atoms with E-state index in [0.717, 1.165) is 5.52 Å². The molecule has 0 spiro atoms. The molecule has 0 atom stereocenters. The van der Waals surface area contributed by atoms with Gasteiger partial charge < -0.3 is 9.51 Å². The highest BCUT2D eigenvalue weighted by Gasteiger charge is 2.07. The Balaban J connectivity index is 1.99. The van der Waals surface area contributed by atoms with Crippen LogP contribution in [0.4, 0.5) is 0 Å². The largest absolute Gasteiger partial charge is 0.339 e. The van der Waals surface area contributed by atoms with Gasteiger partial charge in [-0.25, -0.2) is 0 Å². The second kappa shape index (κ2) is 5.01. The molecule has 3 rings (SSSR count). The summed E-state index contributed by atoms with van der Waals surface area (Å²) in [5.74, 6) is 1.08. The fourth-order valence-corrected chi connectivity index (χ4v) is 2.34. The summed E-state index contributed by atoms with van der Waals surface area (Å²) >= 11 is 5.23. The molecule has 0 bridgehead atoms. The smallest absolute Gasteiger partial charge is 0.262 e. The van der Waals surface area contributed by atoms with Gasteiger partial charge in [0.25, 0.3) is 5.56 Å². The minimum absolute atomic E-state index is 0.111. The van der Waals surface area contributed by atoms with Gasteiger partial charge in [-0.3, -0.25) is 9.36 Å². The van der Waals surface area contributed by atoms with Crippen molar-refractivity contribution in [1.82, 2.24) is 19.7 Å². The second-order valence-electron chi connectivity index (χ2n) is 4.42. The van der Waals surface area contributed by atoms with E-state index in [0.29, 0.717) is 34.8 Å². The SMILES string of the molecule is Cc1noc(CCn2c(=S)[nH]c3ccccc3c2=O)n1. The van der Waals surface area contributed by atoms with Crippen LogP contribution in [0.1, 0.15) is 11.7 Å². The van der Waals surface area contributed by atoms with Gasteiger partial charge in [0.2, 0.25) is 5.89 Å². The molecule has 102 valence electrons. The van der Waals surface area contributed by atoms with Crippen LogP contribution in [-0.2, 0) is 13.0 Å². The average molecular weight is 288 g/mol. The molecule has 6 nitrogen and oxygen atoms in total. The maximum Gasteiger partial charge on any atom is 0.262 e. The van der Waals surface area contributed by atoms with E-state index >= 15 is 0 Å². The highest BCUT2D eigenvalue weighted by molar-refractivity contribution is 7.71. The fourth-order valence-electron chi connectivity index (χ4n) is 2.05. The first-order valence-corrected chi connectivity index (χ1v) is 6.57. The first kappa shape index (κ1) is 12.7. The molecule has 3 aromatic rings. The Kier molecular flexibility index (Phi) is 3.19. The summed E-state index contributed by atoms with van der Waals surface area (Å²) in [6.45, 7) is 2.15. The number of nitrogens with one attached hydrogen (secondary N) is 1. The summed E-state index contributed by atoms with van der Waals surface area (Å²) < 4.78 is 6.94. The molecule has 2 aromatic heterocycles. The van der Waals surface area contributed by atoms with Crippen LogP contribution < -0.4 is 5.56 Å². The molecule has 1 aromatic carbocycles. The average Bonchev–Trinajstić information content (AvgIpc) is 2.84. The van der Waals surface area contributed by atoms with Crippen LogP contribution in [0.5, 0.6) is 0 Å². The number of nitrogens with zero attached hydrogens (tertiary/aromatic N) is 3. The number of para-hydroxylation sites is 1. The van der Waals surface area contributed by atoms with E-state index in [1.807, 2.05) is 18.2 Å². The van der Waals surface area contributed by atoms with Gasteiger partial charge in [0, 0.05) is 13.0 Å². The molecule has 2 heterocycles. The highest BCUT2D eigenvalue weighted by Crippen LogP contribution is 2.06. The molecule has 20 heavy (non-hydrogen) atoms. The lowest BCUT2D eigenvalue weighted by molar-refractivity contribution is 0.367. The van der Waals surface area contributed by atoms with Crippen molar-refractivity contribution in [1.29, 1.82) is 0 Å². The Morgan fingerprint density at radius 2 is 2.20 bits per heavy atom. The van der Waals surface area contributed by atoms with Gasteiger partial charge in [0.05, 0.1) is 10.9 Å². The van der Waals surface area contributed by atoms with Crippen molar-refractivity contribution < 1.29 is 4.52 Å². The zero-order chi connectivity index (χ0) is 14.1. The fraction of sp³-hybridized carbons (Fsp3) is 0.231. The summed E-state index contributed by atoms with van der Waals surface area (Å²) in [7, 11) is 0. The third-order valence-electron chi connectivity index (χ3n) is 3.01. The van der Waals surface area contributed by atoms with Crippen LogP contribution in [0, 0.1) is 11.7 Å². The third kappa shape index (κ3) is 2.27. The van der Waals surface area contributed by atoms with Crippen LogP contribution in [-0.4, -0.2) is 19.7 Å². The summed E-state index contributed by atoms with van der Waals surface area (Å²) in [6.07, 6.45) is 0.469. The van der Waals surface area contributed by atoms with E-state index in [-0.39, 0.29) is 5.56 Å². The molecule has 0 unspecified atom stereocenters. The molecule has 0 radical (unpaired) electrons. The Morgan fingerprint density at radius 1 is 1.40 bits per heavy atom. The van der Waals surface area contributed by atoms with E-state index in [9.17, 15) is 4.79 Å². The Morgan fingerprint density at radius 3 is 2.95 bits per heavy atom. The van der Waals surface area contributed by atoms with E-state index in [1.54, 1.807) is 13.0 Å². The van der Waals surface area contributed by atoms with Crippen LogP contribution in [0.2, 0.25) is 0 Å². The molecule has 0 aliphatic rings. The monoisotopic (exact) mass is 288 g/mol. The Hall–Kier alpha value is -2.28. The molecule has 0 aliphatic carbocycles. The molecule has 1 N–H and O–H groups in total. The Bertz CT molecular complexity index is 878. The number of fused-ring (bicyclic) bond motifs is 1. The molecule has 7 heteroatoms. The number of benzene rings is 1. The number of aromatic nitrogens is 4. The van der Waals surface area contributed by atoms with E-state index < -0.39 is 0 Å². The van der Waals surface area contributed by atoms with Gasteiger partial charge in [-0.05, 0) is 31.3 Å². The first-order chi connectivity index (χ1) is 9.65. The normalized spacial score (nSPS) is 11.1. The lowest BCUT2D eigenvalue weighted by Crippen LogP contribution is -2.23. The van der Waals surface area contributed by atoms with Crippen LogP contribution in [0.15, 0.2) is 33.6 Å². The highest BCUT2D eigenvalue weighted by atomic mass is 32.1. The van der Waals surface area contributed by atoms with Crippen LogP contribution in [0.3, 0.4) is 0 Å². The summed E-state index contributed by atoms with van der Waals surface area (Å²) in [5, 5.41) is 4.33. The van der Waals surface area contributed by atoms with E-state index in [2.05, 4.69) is 15.1 Å². The minimum atomic E-state index is -0.111. The zero-order valence-corrected chi connectivity index (χ0v) is 11.6. The van der Waals surface area contributed by atoms with Gasteiger partial charge >= 0.3 is 0 Å². The van der Waals surface area contributed by atoms with Gasteiger partial charge in [-0.1, -0.05) is 17.3 Å². The molecule has 0 saturated heterocycles. The second-order valence-corrected chi connectivity index (χ2v) is 4.80.